The van der Waals surface area contributed by atoms with Gasteiger partial charge in [0.25, 0.3) is 0 Å². The first-order chi connectivity index (χ1) is 9.24. The summed E-state index contributed by atoms with van der Waals surface area (Å²) in [6.07, 6.45) is 2.13. The maximum atomic E-state index is 12.0. The number of hydrogen-bond donors (Lipinski definition) is 2. The van der Waals surface area contributed by atoms with E-state index >= 15 is 0 Å². The summed E-state index contributed by atoms with van der Waals surface area (Å²) < 4.78 is 37.7. The fraction of sp³-hybridized carbons (Fsp3) is 0.417. The van der Waals surface area contributed by atoms with Crippen LogP contribution in [0.2, 0.25) is 0 Å². The second kappa shape index (κ2) is 7.26. The van der Waals surface area contributed by atoms with Gasteiger partial charge in [0.05, 0.1) is 4.90 Å². The predicted octanol–water partition coefficient (Wildman–Crippen LogP) is 0.756. The van der Waals surface area contributed by atoms with Crippen molar-refractivity contribution in [2.45, 2.75) is 23.5 Å². The van der Waals surface area contributed by atoms with Crippen LogP contribution in [-0.4, -0.2) is 35.7 Å². The van der Waals surface area contributed by atoms with Gasteiger partial charge in [0.1, 0.15) is 4.99 Å². The average molecular weight is 334 g/mol. The molecule has 0 saturated heterocycles. The van der Waals surface area contributed by atoms with Crippen LogP contribution in [0.3, 0.4) is 0 Å². The van der Waals surface area contributed by atoms with Crippen LogP contribution in [0.4, 0.5) is 0 Å². The molecule has 8 heteroatoms. The second-order valence-electron chi connectivity index (χ2n) is 4.38. The first kappa shape index (κ1) is 17.2. The van der Waals surface area contributed by atoms with Gasteiger partial charge in [-0.3, -0.25) is 4.21 Å². The zero-order valence-electron chi connectivity index (χ0n) is 11.3. The van der Waals surface area contributed by atoms with E-state index < -0.39 is 20.8 Å². The normalized spacial score (nSPS) is 14.7. The molecule has 0 aliphatic heterocycles. The van der Waals surface area contributed by atoms with E-state index in [1.54, 1.807) is 18.4 Å². The largest absolute Gasteiger partial charge is 0.389 e. The standard InChI is InChI=1S/C12H18N2O3S3/c1-9(19(2)15)7-8-14-20(16,17)11-5-3-10(4-6-11)12(13)18/h3-6,9,14H,7-8H2,1-2H3,(H2,13,18). The molecular formula is C12H18N2O3S3. The molecule has 0 fully saturated rings. The van der Waals surface area contributed by atoms with Crippen molar-refractivity contribution in [2.75, 3.05) is 12.8 Å². The van der Waals surface area contributed by atoms with Gasteiger partial charge in [-0.1, -0.05) is 31.3 Å². The Morgan fingerprint density at radius 2 is 1.95 bits per heavy atom. The van der Waals surface area contributed by atoms with Crippen molar-refractivity contribution in [1.29, 1.82) is 0 Å². The highest BCUT2D eigenvalue weighted by molar-refractivity contribution is 7.89. The number of nitrogens with two attached hydrogens (primary N) is 1. The Morgan fingerprint density at radius 1 is 1.40 bits per heavy atom. The van der Waals surface area contributed by atoms with Gasteiger partial charge in [-0.25, -0.2) is 13.1 Å². The van der Waals surface area contributed by atoms with Gasteiger partial charge in [0.15, 0.2) is 0 Å². The lowest BCUT2D eigenvalue weighted by molar-refractivity contribution is 0.578. The molecule has 0 aliphatic carbocycles. The second-order valence-corrected chi connectivity index (χ2v) is 8.39. The summed E-state index contributed by atoms with van der Waals surface area (Å²) in [5.74, 6) is 0. The van der Waals surface area contributed by atoms with E-state index in [1.807, 2.05) is 6.92 Å². The Morgan fingerprint density at radius 3 is 2.40 bits per heavy atom. The summed E-state index contributed by atoms with van der Waals surface area (Å²) in [4.78, 5) is 0.379. The van der Waals surface area contributed by atoms with E-state index in [0.29, 0.717) is 12.0 Å². The number of thiocarbonyl (C=S) groups is 1. The number of hydrogen-bond acceptors (Lipinski definition) is 4. The van der Waals surface area contributed by atoms with Crippen molar-refractivity contribution >= 4 is 38.0 Å². The van der Waals surface area contributed by atoms with Crippen LogP contribution in [-0.2, 0) is 20.8 Å². The molecule has 112 valence electrons. The summed E-state index contributed by atoms with van der Waals surface area (Å²) in [5.41, 5.74) is 6.07. The first-order valence-electron chi connectivity index (χ1n) is 5.96. The van der Waals surface area contributed by atoms with Gasteiger partial charge in [-0.2, -0.15) is 0 Å². The zero-order valence-corrected chi connectivity index (χ0v) is 13.8. The molecule has 0 amide bonds. The molecule has 0 saturated carbocycles. The number of benzene rings is 1. The summed E-state index contributed by atoms with van der Waals surface area (Å²) in [6, 6.07) is 6.05. The molecular weight excluding hydrogens is 316 g/mol. The monoisotopic (exact) mass is 334 g/mol. The third-order valence-corrected chi connectivity index (χ3v) is 5.94. The molecule has 3 N–H and O–H groups in total. The van der Waals surface area contributed by atoms with Crippen molar-refractivity contribution in [3.63, 3.8) is 0 Å². The van der Waals surface area contributed by atoms with Crippen LogP contribution in [0, 0.1) is 0 Å². The molecule has 0 radical (unpaired) electrons. The minimum atomic E-state index is -3.56. The number of nitrogens with one attached hydrogen (secondary N) is 1. The number of rotatable bonds is 7. The van der Waals surface area contributed by atoms with Crippen LogP contribution in [0.25, 0.3) is 0 Å². The van der Waals surface area contributed by atoms with Gasteiger partial charge in [-0.15, -0.1) is 0 Å². The Kier molecular flexibility index (Phi) is 6.25. The minimum Gasteiger partial charge on any atom is -0.389 e. The number of sulfonamides is 1. The van der Waals surface area contributed by atoms with Gasteiger partial charge in [0, 0.05) is 34.4 Å². The fourth-order valence-electron chi connectivity index (χ4n) is 1.44. The van der Waals surface area contributed by atoms with Crippen LogP contribution in [0.1, 0.15) is 18.9 Å². The molecule has 1 rings (SSSR count). The van der Waals surface area contributed by atoms with E-state index in [2.05, 4.69) is 4.72 Å². The highest BCUT2D eigenvalue weighted by atomic mass is 32.2. The van der Waals surface area contributed by atoms with E-state index in [1.165, 1.54) is 12.1 Å². The highest BCUT2D eigenvalue weighted by Gasteiger charge is 2.14. The molecule has 0 aromatic heterocycles. The van der Waals surface area contributed by atoms with Crippen molar-refractivity contribution in [2.24, 2.45) is 5.73 Å². The van der Waals surface area contributed by atoms with Crippen LogP contribution in [0.15, 0.2) is 29.2 Å². The smallest absolute Gasteiger partial charge is 0.240 e. The van der Waals surface area contributed by atoms with E-state index in [0.717, 1.165) is 0 Å². The van der Waals surface area contributed by atoms with E-state index in [9.17, 15) is 12.6 Å². The van der Waals surface area contributed by atoms with E-state index in [4.69, 9.17) is 18.0 Å². The Labute approximate surface area is 127 Å². The van der Waals surface area contributed by atoms with Gasteiger partial charge in [-0.05, 0) is 18.6 Å². The average Bonchev–Trinajstić information content (AvgIpc) is 2.38. The minimum absolute atomic E-state index is 0.0466. The third-order valence-electron chi connectivity index (χ3n) is 2.86. The summed E-state index contributed by atoms with van der Waals surface area (Å²) in [6.45, 7) is 2.07. The quantitative estimate of drug-likeness (QED) is 0.719. The summed E-state index contributed by atoms with van der Waals surface area (Å²) in [7, 11) is -4.51. The Hall–Kier alpha value is -0.830. The third kappa shape index (κ3) is 4.93. The lowest BCUT2D eigenvalue weighted by Crippen LogP contribution is -2.27. The molecule has 1 aromatic rings. The molecule has 20 heavy (non-hydrogen) atoms. The summed E-state index contributed by atoms with van der Waals surface area (Å²) >= 11 is 4.81. The Bertz CT molecular complexity index is 597. The lowest BCUT2D eigenvalue weighted by Gasteiger charge is -2.10. The maximum absolute atomic E-state index is 12.0. The summed E-state index contributed by atoms with van der Waals surface area (Å²) in [5, 5.41) is -0.0466. The van der Waals surface area contributed by atoms with E-state index in [-0.39, 0.29) is 21.7 Å². The lowest BCUT2D eigenvalue weighted by atomic mass is 10.2. The van der Waals surface area contributed by atoms with Crippen molar-refractivity contribution in [3.8, 4) is 0 Å². The first-order valence-corrected chi connectivity index (χ1v) is 9.47. The molecule has 2 atom stereocenters. The van der Waals surface area contributed by atoms with Crippen molar-refractivity contribution in [3.05, 3.63) is 29.8 Å². The Balaban J connectivity index is 2.69. The molecule has 2 unspecified atom stereocenters. The maximum Gasteiger partial charge on any atom is 0.240 e. The van der Waals surface area contributed by atoms with Crippen LogP contribution in [0.5, 0.6) is 0 Å². The highest BCUT2D eigenvalue weighted by Crippen LogP contribution is 2.11. The molecule has 0 spiro atoms. The molecule has 1 aromatic carbocycles. The molecule has 0 aliphatic rings. The molecule has 0 heterocycles. The topological polar surface area (TPSA) is 89.3 Å². The van der Waals surface area contributed by atoms with Crippen molar-refractivity contribution < 1.29 is 12.6 Å². The van der Waals surface area contributed by atoms with Gasteiger partial charge in [0.2, 0.25) is 10.0 Å². The van der Waals surface area contributed by atoms with Crippen LogP contribution >= 0.6 is 12.2 Å². The predicted molar refractivity (Wildman–Crippen MR) is 85.7 cm³/mol. The van der Waals surface area contributed by atoms with Crippen LogP contribution < -0.4 is 10.5 Å². The van der Waals surface area contributed by atoms with Gasteiger partial charge >= 0.3 is 0 Å². The SMILES string of the molecule is CC(CCNS(=O)(=O)c1ccc(C(N)=S)cc1)S(C)=O. The zero-order chi connectivity index (χ0) is 15.3. The van der Waals surface area contributed by atoms with Crippen molar-refractivity contribution in [1.82, 2.24) is 4.72 Å². The molecule has 5 nitrogen and oxygen atoms in total. The van der Waals surface area contributed by atoms with Gasteiger partial charge < -0.3 is 5.73 Å². The molecule has 0 bridgehead atoms. The fourth-order valence-corrected chi connectivity index (χ4v) is 3.08.